The molecule has 0 N–H and O–H groups in total. The van der Waals surface area contributed by atoms with Gasteiger partial charge in [0.15, 0.2) is 0 Å². The van der Waals surface area contributed by atoms with Gasteiger partial charge in [0.2, 0.25) is 0 Å². The van der Waals surface area contributed by atoms with Crippen LogP contribution in [-0.2, 0) is 11.3 Å². The number of cyclic esters (lactones) is 1. The maximum atomic E-state index is 12.7. The molecule has 6 heteroatoms. The fourth-order valence-corrected chi connectivity index (χ4v) is 3.40. The first kappa shape index (κ1) is 16.4. The average molecular weight is 351 g/mol. The van der Waals surface area contributed by atoms with Gasteiger partial charge in [-0.1, -0.05) is 30.3 Å². The van der Waals surface area contributed by atoms with E-state index in [9.17, 15) is 9.59 Å². The third-order valence-corrected chi connectivity index (χ3v) is 4.75. The molecule has 26 heavy (non-hydrogen) atoms. The van der Waals surface area contributed by atoms with Crippen molar-refractivity contribution in [3.8, 4) is 0 Å². The van der Waals surface area contributed by atoms with Crippen LogP contribution in [-0.4, -0.2) is 42.8 Å². The molecule has 1 atom stereocenters. The number of hydrogen-bond donors (Lipinski definition) is 0. The lowest BCUT2D eigenvalue weighted by molar-refractivity contribution is 0.150. The first-order valence-corrected chi connectivity index (χ1v) is 8.80. The molecule has 134 valence electrons. The summed E-state index contributed by atoms with van der Waals surface area (Å²) in [5.41, 5.74) is 2.76. The zero-order valence-corrected chi connectivity index (χ0v) is 14.7. The summed E-state index contributed by atoms with van der Waals surface area (Å²) in [6.07, 6.45) is -0.426. The molecule has 4 rings (SSSR count). The Kier molecular flexibility index (Phi) is 4.24. The Labute approximate surface area is 152 Å². The van der Waals surface area contributed by atoms with Crippen molar-refractivity contribution in [2.24, 2.45) is 0 Å². The van der Waals surface area contributed by atoms with Gasteiger partial charge in [-0.2, -0.15) is 0 Å². The lowest BCUT2D eigenvalue weighted by Crippen LogP contribution is -2.31. The molecule has 0 aromatic heterocycles. The molecule has 0 spiro atoms. The molecule has 0 saturated carbocycles. The lowest BCUT2D eigenvalue weighted by Gasteiger charge is -2.20. The fourth-order valence-electron chi connectivity index (χ4n) is 3.40. The third-order valence-electron chi connectivity index (χ3n) is 4.75. The smallest absolute Gasteiger partial charge is 0.414 e. The van der Waals surface area contributed by atoms with E-state index in [0.29, 0.717) is 26.2 Å². The minimum atomic E-state index is -0.323. The second-order valence-corrected chi connectivity index (χ2v) is 6.66. The third kappa shape index (κ3) is 3.10. The summed E-state index contributed by atoms with van der Waals surface area (Å²) in [6, 6.07) is 17.5. The second-order valence-electron chi connectivity index (χ2n) is 6.66. The molecular weight excluding hydrogens is 330 g/mol. The van der Waals surface area contributed by atoms with Crippen molar-refractivity contribution in [3.05, 3.63) is 60.2 Å². The fraction of sp³-hybridized carbons (Fsp3) is 0.300. The van der Waals surface area contributed by atoms with Gasteiger partial charge >= 0.3 is 12.1 Å². The normalized spacial score (nSPS) is 20.0. The van der Waals surface area contributed by atoms with E-state index in [1.54, 1.807) is 9.80 Å². The zero-order chi connectivity index (χ0) is 18.1. The second kappa shape index (κ2) is 6.71. The van der Waals surface area contributed by atoms with Crippen LogP contribution in [0.5, 0.6) is 0 Å². The standard InChI is InChI=1S/C20H21N3O3/c1-15-13-23(20(25)26-15)18-9-7-17(8-10-18)22-12-11-21(19(22)24)14-16-5-3-2-4-6-16/h2-10,15H,11-14H2,1H3. The van der Waals surface area contributed by atoms with E-state index in [1.807, 2.05) is 66.4 Å². The van der Waals surface area contributed by atoms with E-state index in [0.717, 1.165) is 16.9 Å². The number of ether oxygens (including phenoxy) is 1. The van der Waals surface area contributed by atoms with E-state index in [1.165, 1.54) is 0 Å². The van der Waals surface area contributed by atoms with Crippen LogP contribution >= 0.6 is 0 Å². The monoisotopic (exact) mass is 351 g/mol. The van der Waals surface area contributed by atoms with Gasteiger partial charge in [0.05, 0.1) is 6.54 Å². The Morgan fingerprint density at radius 1 is 0.923 bits per heavy atom. The predicted octanol–water partition coefficient (Wildman–Crippen LogP) is 3.47. The molecule has 3 amide bonds. The van der Waals surface area contributed by atoms with E-state index in [2.05, 4.69) is 0 Å². The number of anilines is 2. The maximum absolute atomic E-state index is 12.7. The molecule has 2 saturated heterocycles. The summed E-state index contributed by atoms with van der Waals surface area (Å²) in [5, 5.41) is 0. The minimum Gasteiger partial charge on any atom is -0.444 e. The van der Waals surface area contributed by atoms with E-state index >= 15 is 0 Å². The Hall–Kier alpha value is -3.02. The largest absolute Gasteiger partial charge is 0.444 e. The van der Waals surface area contributed by atoms with Gasteiger partial charge in [0.25, 0.3) is 0 Å². The molecule has 2 aliphatic rings. The molecule has 0 radical (unpaired) electrons. The van der Waals surface area contributed by atoms with Gasteiger partial charge in [-0.05, 0) is 36.8 Å². The van der Waals surface area contributed by atoms with Crippen LogP contribution in [0.2, 0.25) is 0 Å². The van der Waals surface area contributed by atoms with Crippen LogP contribution in [0, 0.1) is 0 Å². The number of urea groups is 1. The Balaban J connectivity index is 1.45. The van der Waals surface area contributed by atoms with Crippen LogP contribution in [0.15, 0.2) is 54.6 Å². The van der Waals surface area contributed by atoms with E-state index in [4.69, 9.17) is 4.74 Å². The van der Waals surface area contributed by atoms with Crippen molar-refractivity contribution >= 4 is 23.5 Å². The van der Waals surface area contributed by atoms with Gasteiger partial charge in [-0.15, -0.1) is 0 Å². The number of carbonyl (C=O) groups is 2. The molecular formula is C20H21N3O3. The average Bonchev–Trinajstić information content (AvgIpc) is 3.18. The predicted molar refractivity (Wildman–Crippen MR) is 99.3 cm³/mol. The number of amides is 3. The number of rotatable bonds is 4. The van der Waals surface area contributed by atoms with Gasteiger partial charge in [-0.3, -0.25) is 9.80 Å². The Morgan fingerprint density at radius 2 is 1.58 bits per heavy atom. The van der Waals surface area contributed by atoms with Gasteiger partial charge in [0, 0.05) is 31.0 Å². The van der Waals surface area contributed by atoms with Crippen molar-refractivity contribution in [1.29, 1.82) is 0 Å². The molecule has 0 aliphatic carbocycles. The van der Waals surface area contributed by atoms with Crippen LogP contribution in [0.3, 0.4) is 0 Å². The zero-order valence-electron chi connectivity index (χ0n) is 14.7. The van der Waals surface area contributed by atoms with Crippen LogP contribution in [0.1, 0.15) is 12.5 Å². The van der Waals surface area contributed by atoms with E-state index in [-0.39, 0.29) is 18.2 Å². The SMILES string of the molecule is CC1CN(c2ccc(N3CCN(Cc4ccccc4)C3=O)cc2)C(=O)O1. The summed E-state index contributed by atoms with van der Waals surface area (Å²) in [4.78, 5) is 29.8. The summed E-state index contributed by atoms with van der Waals surface area (Å²) in [5.74, 6) is 0. The number of benzene rings is 2. The molecule has 1 unspecified atom stereocenters. The molecule has 0 bridgehead atoms. The highest BCUT2D eigenvalue weighted by molar-refractivity contribution is 5.95. The van der Waals surface area contributed by atoms with Crippen LogP contribution in [0.4, 0.5) is 21.0 Å². The molecule has 2 aromatic rings. The molecule has 2 fully saturated rings. The van der Waals surface area contributed by atoms with Crippen molar-refractivity contribution < 1.29 is 14.3 Å². The summed E-state index contributed by atoms with van der Waals surface area (Å²) in [7, 11) is 0. The topological polar surface area (TPSA) is 53.1 Å². The summed E-state index contributed by atoms with van der Waals surface area (Å²) in [6.45, 7) is 4.40. The summed E-state index contributed by atoms with van der Waals surface area (Å²) < 4.78 is 5.16. The van der Waals surface area contributed by atoms with Gasteiger partial charge in [-0.25, -0.2) is 9.59 Å². The van der Waals surface area contributed by atoms with E-state index < -0.39 is 0 Å². The lowest BCUT2D eigenvalue weighted by atomic mass is 10.2. The van der Waals surface area contributed by atoms with Crippen LogP contribution < -0.4 is 9.80 Å². The Morgan fingerprint density at radius 3 is 2.19 bits per heavy atom. The van der Waals surface area contributed by atoms with Crippen molar-refractivity contribution in [3.63, 3.8) is 0 Å². The number of hydrogen-bond acceptors (Lipinski definition) is 3. The van der Waals surface area contributed by atoms with Crippen LogP contribution in [0.25, 0.3) is 0 Å². The first-order chi connectivity index (χ1) is 12.6. The highest BCUT2D eigenvalue weighted by atomic mass is 16.6. The first-order valence-electron chi connectivity index (χ1n) is 8.80. The number of carbonyl (C=O) groups excluding carboxylic acids is 2. The minimum absolute atomic E-state index is 0.0100. The van der Waals surface area contributed by atoms with Crippen molar-refractivity contribution in [1.82, 2.24) is 4.90 Å². The highest BCUT2D eigenvalue weighted by Gasteiger charge is 2.31. The number of nitrogens with zero attached hydrogens (tertiary/aromatic N) is 3. The molecule has 6 nitrogen and oxygen atoms in total. The molecule has 2 aromatic carbocycles. The van der Waals surface area contributed by atoms with Crippen molar-refractivity contribution in [2.45, 2.75) is 19.6 Å². The summed E-state index contributed by atoms with van der Waals surface area (Å²) >= 11 is 0. The maximum Gasteiger partial charge on any atom is 0.414 e. The van der Waals surface area contributed by atoms with Gasteiger partial charge in [0.1, 0.15) is 6.10 Å². The quantitative estimate of drug-likeness (QED) is 0.847. The van der Waals surface area contributed by atoms with Gasteiger partial charge < -0.3 is 9.64 Å². The van der Waals surface area contributed by atoms with Crippen molar-refractivity contribution in [2.75, 3.05) is 29.4 Å². The molecule has 2 heterocycles. The highest BCUT2D eigenvalue weighted by Crippen LogP contribution is 2.27. The Bertz CT molecular complexity index is 807. The molecule has 2 aliphatic heterocycles.